The lowest BCUT2D eigenvalue weighted by Crippen LogP contribution is -2.06. The summed E-state index contributed by atoms with van der Waals surface area (Å²) >= 11 is 0. The third kappa shape index (κ3) is 0.677. The Morgan fingerprint density at radius 3 is 2.71 bits per heavy atom. The SMILES string of the molecule is Nn1cc(F)cn1. The Morgan fingerprint density at radius 2 is 2.57 bits per heavy atom. The summed E-state index contributed by atoms with van der Waals surface area (Å²) in [7, 11) is 0. The zero-order valence-electron chi connectivity index (χ0n) is 3.50. The van der Waals surface area contributed by atoms with Crippen LogP contribution in [0.1, 0.15) is 0 Å². The molecule has 0 atom stereocenters. The van der Waals surface area contributed by atoms with Gasteiger partial charge in [-0.1, -0.05) is 0 Å². The van der Waals surface area contributed by atoms with E-state index in [1.165, 1.54) is 0 Å². The van der Waals surface area contributed by atoms with E-state index in [0.717, 1.165) is 17.2 Å². The van der Waals surface area contributed by atoms with E-state index in [9.17, 15) is 4.39 Å². The highest BCUT2D eigenvalue weighted by atomic mass is 19.1. The summed E-state index contributed by atoms with van der Waals surface area (Å²) < 4.78 is 11.8. The van der Waals surface area contributed by atoms with Gasteiger partial charge in [0, 0.05) is 0 Å². The van der Waals surface area contributed by atoms with E-state index in [0.29, 0.717) is 0 Å². The second-order valence-corrected chi connectivity index (χ2v) is 1.14. The van der Waals surface area contributed by atoms with E-state index in [4.69, 9.17) is 5.84 Å². The van der Waals surface area contributed by atoms with Gasteiger partial charge in [-0.2, -0.15) is 9.89 Å². The first-order chi connectivity index (χ1) is 3.29. The Labute approximate surface area is 39.5 Å². The molecule has 1 heterocycles. The Kier molecular flexibility index (Phi) is 0.714. The minimum Gasteiger partial charge on any atom is -0.323 e. The van der Waals surface area contributed by atoms with Crippen LogP contribution in [0.15, 0.2) is 12.4 Å². The summed E-state index contributed by atoms with van der Waals surface area (Å²) in [6, 6.07) is 0. The van der Waals surface area contributed by atoms with E-state index in [-0.39, 0.29) is 0 Å². The summed E-state index contributed by atoms with van der Waals surface area (Å²) in [5.41, 5.74) is 0. The van der Waals surface area contributed by atoms with Crippen molar-refractivity contribution in [2.75, 3.05) is 5.84 Å². The van der Waals surface area contributed by atoms with Crippen molar-refractivity contribution in [2.45, 2.75) is 0 Å². The molecule has 0 saturated heterocycles. The van der Waals surface area contributed by atoms with Gasteiger partial charge in [0.05, 0.1) is 12.4 Å². The number of nitrogen functional groups attached to an aromatic ring is 1. The molecule has 4 heteroatoms. The number of aromatic nitrogens is 2. The Morgan fingerprint density at radius 1 is 1.86 bits per heavy atom. The lowest BCUT2D eigenvalue weighted by atomic mass is 10.7. The van der Waals surface area contributed by atoms with Crippen molar-refractivity contribution in [3.05, 3.63) is 18.2 Å². The van der Waals surface area contributed by atoms with Gasteiger partial charge in [-0.3, -0.25) is 0 Å². The number of hydrogen-bond donors (Lipinski definition) is 1. The van der Waals surface area contributed by atoms with Crippen molar-refractivity contribution in [2.24, 2.45) is 0 Å². The van der Waals surface area contributed by atoms with Crippen molar-refractivity contribution < 1.29 is 4.39 Å². The predicted octanol–water partition coefficient (Wildman–Crippen LogP) is -0.264. The van der Waals surface area contributed by atoms with E-state index in [2.05, 4.69) is 5.10 Å². The molecule has 0 radical (unpaired) electrons. The molecular formula is C3H4FN3. The summed E-state index contributed by atoms with van der Waals surface area (Å²) in [6.07, 6.45) is 2.12. The van der Waals surface area contributed by atoms with Gasteiger partial charge in [-0.15, -0.1) is 0 Å². The molecule has 0 aliphatic carbocycles. The third-order valence-electron chi connectivity index (χ3n) is 0.570. The second kappa shape index (κ2) is 1.22. The zero-order chi connectivity index (χ0) is 5.28. The van der Waals surface area contributed by atoms with Crippen molar-refractivity contribution in [3.8, 4) is 0 Å². The van der Waals surface area contributed by atoms with Gasteiger partial charge in [-0.05, 0) is 0 Å². The lowest BCUT2D eigenvalue weighted by Gasteiger charge is -1.78. The Hall–Kier alpha value is -1.06. The van der Waals surface area contributed by atoms with Crippen LogP contribution in [0.5, 0.6) is 0 Å². The van der Waals surface area contributed by atoms with Crippen LogP contribution in [0, 0.1) is 5.82 Å². The first-order valence-electron chi connectivity index (χ1n) is 1.74. The van der Waals surface area contributed by atoms with Crippen LogP contribution >= 0.6 is 0 Å². The van der Waals surface area contributed by atoms with Gasteiger partial charge >= 0.3 is 0 Å². The van der Waals surface area contributed by atoms with Crippen LogP contribution in [0.4, 0.5) is 4.39 Å². The number of rotatable bonds is 0. The maximum atomic E-state index is 11.8. The average molecular weight is 101 g/mol. The number of nitrogens with two attached hydrogens (primary N) is 1. The molecule has 0 unspecified atom stereocenters. The molecule has 0 aromatic carbocycles. The zero-order valence-corrected chi connectivity index (χ0v) is 3.50. The highest BCUT2D eigenvalue weighted by Crippen LogP contribution is 1.87. The summed E-state index contributed by atoms with van der Waals surface area (Å²) in [6.45, 7) is 0. The number of hydrogen-bond acceptors (Lipinski definition) is 2. The maximum Gasteiger partial charge on any atom is 0.163 e. The van der Waals surface area contributed by atoms with E-state index in [1.54, 1.807) is 0 Å². The quantitative estimate of drug-likeness (QED) is 0.457. The van der Waals surface area contributed by atoms with Crippen LogP contribution < -0.4 is 5.84 Å². The average Bonchev–Trinajstić information content (AvgIpc) is 1.87. The molecule has 1 rings (SSSR count). The normalized spacial score (nSPS) is 9.29. The second-order valence-electron chi connectivity index (χ2n) is 1.14. The molecule has 38 valence electrons. The molecule has 0 aliphatic rings. The van der Waals surface area contributed by atoms with Crippen molar-refractivity contribution in [1.29, 1.82) is 0 Å². The summed E-state index contributed by atoms with van der Waals surface area (Å²) in [5.74, 6) is 4.53. The van der Waals surface area contributed by atoms with Crippen LogP contribution in [0.3, 0.4) is 0 Å². The van der Waals surface area contributed by atoms with Gasteiger partial charge in [0.15, 0.2) is 5.82 Å². The fourth-order valence-corrected chi connectivity index (χ4v) is 0.315. The smallest absolute Gasteiger partial charge is 0.163 e. The molecule has 1 aromatic heterocycles. The van der Waals surface area contributed by atoms with Gasteiger partial charge in [0.2, 0.25) is 0 Å². The fraction of sp³-hybridized carbons (Fsp3) is 0. The Bertz CT molecular complexity index is 142. The topological polar surface area (TPSA) is 43.8 Å². The van der Waals surface area contributed by atoms with Crippen molar-refractivity contribution >= 4 is 0 Å². The van der Waals surface area contributed by atoms with Crippen LogP contribution in [0.2, 0.25) is 0 Å². The van der Waals surface area contributed by atoms with Gasteiger partial charge in [0.25, 0.3) is 0 Å². The molecule has 3 nitrogen and oxygen atoms in total. The summed E-state index contributed by atoms with van der Waals surface area (Å²) in [4.78, 5) is 0.912. The van der Waals surface area contributed by atoms with Gasteiger partial charge in [0.1, 0.15) is 0 Å². The molecule has 7 heavy (non-hydrogen) atoms. The first kappa shape index (κ1) is 4.11. The van der Waals surface area contributed by atoms with Crippen molar-refractivity contribution in [1.82, 2.24) is 9.89 Å². The maximum absolute atomic E-state index is 11.8. The number of nitrogens with zero attached hydrogens (tertiary/aromatic N) is 2. The standard InChI is InChI=1S/C3H4FN3/c4-3-1-6-7(5)2-3/h1-2H,5H2. The lowest BCUT2D eigenvalue weighted by molar-refractivity contribution is 0.626. The van der Waals surface area contributed by atoms with E-state index in [1.807, 2.05) is 0 Å². The molecule has 1 aromatic rings. The molecule has 0 saturated carbocycles. The largest absolute Gasteiger partial charge is 0.323 e. The van der Waals surface area contributed by atoms with Gasteiger partial charge < -0.3 is 5.84 Å². The van der Waals surface area contributed by atoms with Crippen molar-refractivity contribution in [3.63, 3.8) is 0 Å². The van der Waals surface area contributed by atoms with Gasteiger partial charge in [-0.25, -0.2) is 4.39 Å². The highest BCUT2D eigenvalue weighted by molar-refractivity contribution is 4.82. The highest BCUT2D eigenvalue weighted by Gasteiger charge is 1.87. The van der Waals surface area contributed by atoms with E-state index < -0.39 is 5.82 Å². The van der Waals surface area contributed by atoms with E-state index >= 15 is 0 Å². The molecular weight excluding hydrogens is 97.1 g/mol. The first-order valence-corrected chi connectivity index (χ1v) is 1.74. The minimum atomic E-state index is -0.414. The molecule has 0 amide bonds. The molecule has 0 bridgehead atoms. The monoisotopic (exact) mass is 101 g/mol. The summed E-state index contributed by atoms with van der Waals surface area (Å²) in [5, 5.41) is 3.34. The van der Waals surface area contributed by atoms with Crippen LogP contribution in [0.25, 0.3) is 0 Å². The molecule has 0 fully saturated rings. The molecule has 0 spiro atoms. The molecule has 0 aliphatic heterocycles. The predicted molar refractivity (Wildman–Crippen MR) is 22.3 cm³/mol. The van der Waals surface area contributed by atoms with Crippen LogP contribution in [-0.4, -0.2) is 9.89 Å². The Balaban J connectivity index is 3.04. The number of halogens is 1. The molecule has 2 N–H and O–H groups in total. The fourth-order valence-electron chi connectivity index (χ4n) is 0.315. The third-order valence-corrected chi connectivity index (χ3v) is 0.570. The minimum absolute atomic E-state index is 0.414. The van der Waals surface area contributed by atoms with Crippen LogP contribution in [-0.2, 0) is 0 Å².